The Hall–Kier alpha value is -1.52. The third-order valence-corrected chi connectivity index (χ3v) is 4.23. The summed E-state index contributed by atoms with van der Waals surface area (Å²) >= 11 is 7.42. The predicted molar refractivity (Wildman–Crippen MR) is 88.4 cm³/mol. The number of benzene rings is 1. The SMILES string of the molecule is CC(NC(=O)CSCc1ccc(Cl)cc1)c1cccnc1. The second kappa shape index (κ2) is 8.05. The van der Waals surface area contributed by atoms with Crippen LogP contribution in [0.2, 0.25) is 5.02 Å². The van der Waals surface area contributed by atoms with E-state index < -0.39 is 0 Å². The third kappa shape index (κ3) is 5.40. The maximum Gasteiger partial charge on any atom is 0.230 e. The van der Waals surface area contributed by atoms with Crippen molar-refractivity contribution in [3.63, 3.8) is 0 Å². The van der Waals surface area contributed by atoms with E-state index in [0.717, 1.165) is 21.9 Å². The number of nitrogens with one attached hydrogen (secondary N) is 1. The molecule has 21 heavy (non-hydrogen) atoms. The van der Waals surface area contributed by atoms with E-state index in [0.29, 0.717) is 5.75 Å². The van der Waals surface area contributed by atoms with Gasteiger partial charge in [-0.3, -0.25) is 9.78 Å². The fourth-order valence-corrected chi connectivity index (χ4v) is 2.77. The van der Waals surface area contributed by atoms with Crippen molar-refractivity contribution in [2.24, 2.45) is 0 Å². The van der Waals surface area contributed by atoms with Crippen LogP contribution in [0.5, 0.6) is 0 Å². The van der Waals surface area contributed by atoms with Gasteiger partial charge >= 0.3 is 0 Å². The maximum absolute atomic E-state index is 11.9. The smallest absolute Gasteiger partial charge is 0.230 e. The van der Waals surface area contributed by atoms with Crippen LogP contribution in [0, 0.1) is 0 Å². The zero-order chi connectivity index (χ0) is 15.1. The molecule has 0 saturated carbocycles. The van der Waals surface area contributed by atoms with Crippen LogP contribution in [0.25, 0.3) is 0 Å². The van der Waals surface area contributed by atoms with Crippen molar-refractivity contribution in [3.8, 4) is 0 Å². The Bertz CT molecular complexity index is 575. The van der Waals surface area contributed by atoms with E-state index in [1.54, 1.807) is 24.2 Å². The highest BCUT2D eigenvalue weighted by Gasteiger charge is 2.09. The van der Waals surface area contributed by atoms with Crippen LogP contribution in [-0.2, 0) is 10.5 Å². The van der Waals surface area contributed by atoms with E-state index in [2.05, 4.69) is 10.3 Å². The molecule has 1 heterocycles. The summed E-state index contributed by atoms with van der Waals surface area (Å²) in [6, 6.07) is 11.5. The maximum atomic E-state index is 11.9. The lowest BCUT2D eigenvalue weighted by Gasteiger charge is -2.13. The van der Waals surface area contributed by atoms with Gasteiger partial charge in [-0.05, 0) is 36.2 Å². The summed E-state index contributed by atoms with van der Waals surface area (Å²) in [4.78, 5) is 16.0. The van der Waals surface area contributed by atoms with Crippen molar-refractivity contribution in [2.45, 2.75) is 18.7 Å². The summed E-state index contributed by atoms with van der Waals surface area (Å²) < 4.78 is 0. The lowest BCUT2D eigenvalue weighted by atomic mass is 10.1. The molecule has 0 fully saturated rings. The normalized spacial score (nSPS) is 11.9. The highest BCUT2D eigenvalue weighted by molar-refractivity contribution is 7.99. The highest BCUT2D eigenvalue weighted by Crippen LogP contribution is 2.16. The highest BCUT2D eigenvalue weighted by atomic mass is 35.5. The first-order valence-electron chi connectivity index (χ1n) is 6.66. The number of aromatic nitrogens is 1. The van der Waals surface area contributed by atoms with E-state index >= 15 is 0 Å². The van der Waals surface area contributed by atoms with Crippen LogP contribution in [0.4, 0.5) is 0 Å². The van der Waals surface area contributed by atoms with Crippen LogP contribution >= 0.6 is 23.4 Å². The molecule has 0 bridgehead atoms. The van der Waals surface area contributed by atoms with Crippen LogP contribution in [-0.4, -0.2) is 16.6 Å². The molecule has 5 heteroatoms. The zero-order valence-corrected chi connectivity index (χ0v) is 13.3. The van der Waals surface area contributed by atoms with Gasteiger partial charge in [-0.15, -0.1) is 11.8 Å². The zero-order valence-electron chi connectivity index (χ0n) is 11.8. The van der Waals surface area contributed by atoms with Crippen molar-refractivity contribution in [1.82, 2.24) is 10.3 Å². The quantitative estimate of drug-likeness (QED) is 0.879. The number of hydrogen-bond acceptors (Lipinski definition) is 3. The van der Waals surface area contributed by atoms with Crippen molar-refractivity contribution < 1.29 is 4.79 Å². The molecule has 0 aliphatic rings. The number of rotatable bonds is 6. The molecule has 110 valence electrons. The minimum atomic E-state index is -0.0256. The largest absolute Gasteiger partial charge is 0.349 e. The number of halogens is 1. The van der Waals surface area contributed by atoms with Crippen LogP contribution in [0.3, 0.4) is 0 Å². The number of carbonyl (C=O) groups is 1. The van der Waals surface area contributed by atoms with Gasteiger partial charge in [0.1, 0.15) is 0 Å². The standard InChI is InChI=1S/C16H17ClN2OS/c1-12(14-3-2-8-18-9-14)19-16(20)11-21-10-13-4-6-15(17)7-5-13/h2-9,12H,10-11H2,1H3,(H,19,20). The van der Waals surface area contributed by atoms with Gasteiger partial charge in [0.2, 0.25) is 5.91 Å². The number of amides is 1. The number of thioether (sulfide) groups is 1. The van der Waals surface area contributed by atoms with Crippen molar-refractivity contribution >= 4 is 29.3 Å². The second-order valence-electron chi connectivity index (χ2n) is 4.69. The molecular formula is C16H17ClN2OS. The minimum Gasteiger partial charge on any atom is -0.349 e. The monoisotopic (exact) mass is 320 g/mol. The average Bonchev–Trinajstić information content (AvgIpc) is 2.50. The fourth-order valence-electron chi connectivity index (χ4n) is 1.84. The van der Waals surface area contributed by atoms with Gasteiger partial charge < -0.3 is 5.32 Å². The van der Waals surface area contributed by atoms with Gasteiger partial charge in [0.25, 0.3) is 0 Å². The molecule has 0 aliphatic heterocycles. The molecule has 0 saturated heterocycles. The summed E-state index contributed by atoms with van der Waals surface area (Å²) in [5.74, 6) is 1.27. The first kappa shape index (κ1) is 15.9. The third-order valence-electron chi connectivity index (χ3n) is 2.98. The molecule has 2 rings (SSSR count). The van der Waals surface area contributed by atoms with Gasteiger partial charge in [0.15, 0.2) is 0 Å². The molecule has 2 aromatic rings. The summed E-state index contributed by atoms with van der Waals surface area (Å²) in [5, 5.41) is 3.70. The Balaban J connectivity index is 1.73. The number of hydrogen-bond donors (Lipinski definition) is 1. The Kier molecular flexibility index (Phi) is 6.08. The number of pyridine rings is 1. The predicted octanol–water partition coefficient (Wildman–Crippen LogP) is 3.85. The molecule has 1 aromatic carbocycles. The van der Waals surface area contributed by atoms with Gasteiger partial charge in [-0.25, -0.2) is 0 Å². The molecule has 1 amide bonds. The summed E-state index contributed by atoms with van der Waals surface area (Å²) in [6.07, 6.45) is 3.49. The molecule has 1 atom stereocenters. The summed E-state index contributed by atoms with van der Waals surface area (Å²) in [7, 11) is 0. The first-order chi connectivity index (χ1) is 10.1. The summed E-state index contributed by atoms with van der Waals surface area (Å²) in [6.45, 7) is 1.96. The van der Waals surface area contributed by atoms with Gasteiger partial charge in [0, 0.05) is 23.2 Å². The first-order valence-corrected chi connectivity index (χ1v) is 8.20. The van der Waals surface area contributed by atoms with Crippen LogP contribution in [0.15, 0.2) is 48.8 Å². The Labute approximate surface area is 134 Å². The lowest BCUT2D eigenvalue weighted by Crippen LogP contribution is -2.28. The average molecular weight is 321 g/mol. The fraction of sp³-hybridized carbons (Fsp3) is 0.250. The Morgan fingerprint density at radius 1 is 1.33 bits per heavy atom. The molecule has 1 N–H and O–H groups in total. The van der Waals surface area contributed by atoms with Gasteiger partial charge in [-0.2, -0.15) is 0 Å². The van der Waals surface area contributed by atoms with Gasteiger partial charge in [-0.1, -0.05) is 29.8 Å². The lowest BCUT2D eigenvalue weighted by molar-refractivity contribution is -0.119. The minimum absolute atomic E-state index is 0.0256. The van der Waals surface area contributed by atoms with Crippen molar-refractivity contribution in [2.75, 3.05) is 5.75 Å². The van der Waals surface area contributed by atoms with E-state index in [4.69, 9.17) is 11.6 Å². The Morgan fingerprint density at radius 3 is 2.76 bits per heavy atom. The molecular weight excluding hydrogens is 304 g/mol. The van der Waals surface area contributed by atoms with Crippen molar-refractivity contribution in [3.05, 3.63) is 64.9 Å². The molecule has 0 aliphatic carbocycles. The Morgan fingerprint density at radius 2 is 2.10 bits per heavy atom. The second-order valence-corrected chi connectivity index (χ2v) is 6.12. The van der Waals surface area contributed by atoms with Crippen LogP contribution < -0.4 is 5.32 Å². The molecule has 1 unspecified atom stereocenters. The number of nitrogens with zero attached hydrogens (tertiary/aromatic N) is 1. The molecule has 0 spiro atoms. The number of carbonyl (C=O) groups excluding carboxylic acids is 1. The van der Waals surface area contributed by atoms with Crippen molar-refractivity contribution in [1.29, 1.82) is 0 Å². The topological polar surface area (TPSA) is 42.0 Å². The molecule has 0 radical (unpaired) electrons. The van der Waals surface area contributed by atoms with E-state index in [1.807, 2.05) is 43.3 Å². The van der Waals surface area contributed by atoms with E-state index in [9.17, 15) is 4.79 Å². The van der Waals surface area contributed by atoms with E-state index in [-0.39, 0.29) is 11.9 Å². The molecule has 1 aromatic heterocycles. The van der Waals surface area contributed by atoms with Crippen LogP contribution in [0.1, 0.15) is 24.1 Å². The van der Waals surface area contributed by atoms with Gasteiger partial charge in [0.05, 0.1) is 11.8 Å². The molecule has 3 nitrogen and oxygen atoms in total. The summed E-state index contributed by atoms with van der Waals surface area (Å²) in [5.41, 5.74) is 2.17. The van der Waals surface area contributed by atoms with E-state index in [1.165, 1.54) is 0 Å².